The minimum atomic E-state index is -1.10. The largest absolute Gasteiger partial charge is 0.385 e. The van der Waals surface area contributed by atoms with Crippen molar-refractivity contribution in [2.24, 2.45) is 5.41 Å². The summed E-state index contributed by atoms with van der Waals surface area (Å²) in [5.41, 5.74) is -0.0934. The number of carbonyl (C=O) groups excluding carboxylic acids is 2. The molecule has 1 aromatic rings. The third-order valence-corrected chi connectivity index (χ3v) is 3.24. The lowest BCUT2D eigenvalue weighted by Gasteiger charge is -2.22. The molecule has 0 heterocycles. The molecule has 0 bridgehead atoms. The Morgan fingerprint density at radius 3 is 2.33 bits per heavy atom. The van der Waals surface area contributed by atoms with Gasteiger partial charge < -0.3 is 15.4 Å². The molecular weight excluding hydrogens is 268 g/mol. The van der Waals surface area contributed by atoms with E-state index in [0.29, 0.717) is 19.7 Å². The molecule has 0 fully saturated rings. The van der Waals surface area contributed by atoms with Gasteiger partial charge in [-0.3, -0.25) is 9.59 Å². The Kier molecular flexibility index (Phi) is 6.88. The summed E-state index contributed by atoms with van der Waals surface area (Å²) in [6, 6.07) is 9.60. The molecule has 2 N–H and O–H groups in total. The van der Waals surface area contributed by atoms with Gasteiger partial charge in [-0.25, -0.2) is 0 Å². The maximum Gasteiger partial charge on any atom is 0.235 e. The van der Waals surface area contributed by atoms with Crippen LogP contribution in [0.4, 0.5) is 0 Å². The van der Waals surface area contributed by atoms with E-state index in [0.717, 1.165) is 12.0 Å². The van der Waals surface area contributed by atoms with E-state index in [1.54, 1.807) is 21.0 Å². The van der Waals surface area contributed by atoms with Crippen molar-refractivity contribution < 1.29 is 14.3 Å². The van der Waals surface area contributed by atoms with Crippen molar-refractivity contribution in [3.63, 3.8) is 0 Å². The predicted octanol–water partition coefficient (Wildman–Crippen LogP) is 1.48. The summed E-state index contributed by atoms with van der Waals surface area (Å²) in [4.78, 5) is 24.2. The first-order chi connectivity index (χ1) is 9.98. The van der Waals surface area contributed by atoms with Gasteiger partial charge in [-0.1, -0.05) is 30.3 Å². The lowest BCUT2D eigenvalue weighted by Crippen LogP contribution is -2.47. The maximum atomic E-state index is 12.2. The van der Waals surface area contributed by atoms with Gasteiger partial charge in [0.15, 0.2) is 0 Å². The van der Waals surface area contributed by atoms with Crippen LogP contribution in [-0.4, -0.2) is 32.1 Å². The number of amides is 2. The topological polar surface area (TPSA) is 67.4 Å². The van der Waals surface area contributed by atoms with Crippen molar-refractivity contribution in [2.45, 2.75) is 26.8 Å². The number of carbonyl (C=O) groups is 2. The molecule has 0 aromatic heterocycles. The highest BCUT2D eigenvalue weighted by atomic mass is 16.5. The van der Waals surface area contributed by atoms with Gasteiger partial charge in [0.05, 0.1) is 0 Å². The van der Waals surface area contributed by atoms with Gasteiger partial charge in [-0.15, -0.1) is 0 Å². The highest BCUT2D eigenvalue weighted by Gasteiger charge is 2.35. The maximum absolute atomic E-state index is 12.2. The van der Waals surface area contributed by atoms with Crippen LogP contribution in [-0.2, 0) is 20.9 Å². The monoisotopic (exact) mass is 292 g/mol. The Morgan fingerprint density at radius 1 is 1.10 bits per heavy atom. The van der Waals surface area contributed by atoms with Crippen LogP contribution in [0.1, 0.15) is 25.8 Å². The third kappa shape index (κ3) is 5.55. The molecule has 1 aromatic carbocycles. The number of nitrogens with one attached hydrogen (secondary N) is 2. The van der Waals surface area contributed by atoms with E-state index in [4.69, 9.17) is 4.74 Å². The number of hydrogen-bond donors (Lipinski definition) is 2. The van der Waals surface area contributed by atoms with Crippen molar-refractivity contribution in [1.29, 1.82) is 0 Å². The first-order valence-electron chi connectivity index (χ1n) is 7.08. The Morgan fingerprint density at radius 2 is 1.71 bits per heavy atom. The first kappa shape index (κ1) is 17.2. The number of benzene rings is 1. The smallest absolute Gasteiger partial charge is 0.235 e. The minimum Gasteiger partial charge on any atom is -0.385 e. The van der Waals surface area contributed by atoms with Gasteiger partial charge in [0.1, 0.15) is 5.41 Å². The molecule has 2 amide bonds. The van der Waals surface area contributed by atoms with Gasteiger partial charge in [-0.05, 0) is 25.8 Å². The summed E-state index contributed by atoms with van der Waals surface area (Å²) in [7, 11) is 1.61. The molecule has 0 unspecified atom stereocenters. The van der Waals surface area contributed by atoms with E-state index in [1.165, 1.54) is 0 Å². The Bertz CT molecular complexity index is 458. The molecule has 0 saturated heterocycles. The van der Waals surface area contributed by atoms with Crippen LogP contribution in [0.25, 0.3) is 0 Å². The standard InChI is InChI=1S/C16H24N2O3/c1-16(2,14(19)17-10-7-11-21-3)15(20)18-12-13-8-5-4-6-9-13/h4-6,8-9H,7,10-12H2,1-3H3,(H,17,19)(H,18,20). The van der Waals surface area contributed by atoms with E-state index in [1.807, 2.05) is 30.3 Å². The Labute approximate surface area is 126 Å². The van der Waals surface area contributed by atoms with Crippen molar-refractivity contribution in [1.82, 2.24) is 10.6 Å². The van der Waals surface area contributed by atoms with Crippen LogP contribution >= 0.6 is 0 Å². The van der Waals surface area contributed by atoms with Crippen molar-refractivity contribution in [3.8, 4) is 0 Å². The van der Waals surface area contributed by atoms with E-state index in [-0.39, 0.29) is 11.8 Å². The van der Waals surface area contributed by atoms with Crippen LogP contribution < -0.4 is 10.6 Å². The predicted molar refractivity (Wildman–Crippen MR) is 81.6 cm³/mol. The highest BCUT2D eigenvalue weighted by molar-refractivity contribution is 6.04. The second-order valence-corrected chi connectivity index (χ2v) is 5.40. The molecule has 5 nitrogen and oxygen atoms in total. The number of hydrogen-bond acceptors (Lipinski definition) is 3. The van der Waals surface area contributed by atoms with Crippen LogP contribution in [0.5, 0.6) is 0 Å². The molecule has 0 atom stereocenters. The number of ether oxygens (including phenoxy) is 1. The fourth-order valence-electron chi connectivity index (χ4n) is 1.74. The van der Waals surface area contributed by atoms with Gasteiger partial charge in [0, 0.05) is 26.8 Å². The zero-order valence-corrected chi connectivity index (χ0v) is 12.9. The van der Waals surface area contributed by atoms with Crippen molar-refractivity contribution in [2.75, 3.05) is 20.3 Å². The molecule has 21 heavy (non-hydrogen) atoms. The van der Waals surface area contributed by atoms with E-state index in [2.05, 4.69) is 10.6 Å². The lowest BCUT2D eigenvalue weighted by molar-refractivity contribution is -0.141. The molecule has 0 aliphatic carbocycles. The summed E-state index contributed by atoms with van der Waals surface area (Å²) in [5, 5.41) is 5.55. The summed E-state index contributed by atoms with van der Waals surface area (Å²) in [6.07, 6.45) is 0.726. The second kappa shape index (κ2) is 8.42. The molecule has 0 saturated carbocycles. The lowest BCUT2D eigenvalue weighted by atomic mass is 9.91. The summed E-state index contributed by atoms with van der Waals surface area (Å²) < 4.78 is 4.91. The van der Waals surface area contributed by atoms with Crippen molar-refractivity contribution in [3.05, 3.63) is 35.9 Å². The molecule has 0 aliphatic heterocycles. The fraction of sp³-hybridized carbons (Fsp3) is 0.500. The summed E-state index contributed by atoms with van der Waals surface area (Å²) in [5.74, 6) is -0.556. The Hall–Kier alpha value is -1.88. The van der Waals surface area contributed by atoms with Gasteiger partial charge in [0.2, 0.25) is 11.8 Å². The SMILES string of the molecule is COCCCNC(=O)C(C)(C)C(=O)NCc1ccccc1. The highest BCUT2D eigenvalue weighted by Crippen LogP contribution is 2.15. The molecular formula is C16H24N2O3. The fourth-order valence-corrected chi connectivity index (χ4v) is 1.74. The van der Waals surface area contributed by atoms with E-state index in [9.17, 15) is 9.59 Å². The van der Waals surface area contributed by atoms with Crippen LogP contribution in [0.15, 0.2) is 30.3 Å². The molecule has 116 valence electrons. The zero-order chi connectivity index (χ0) is 15.7. The number of methoxy groups -OCH3 is 1. The molecule has 5 heteroatoms. The molecule has 0 aliphatic rings. The van der Waals surface area contributed by atoms with E-state index >= 15 is 0 Å². The summed E-state index contributed by atoms with van der Waals surface area (Å²) in [6.45, 7) is 4.75. The zero-order valence-electron chi connectivity index (χ0n) is 12.9. The number of rotatable bonds is 8. The first-order valence-corrected chi connectivity index (χ1v) is 7.08. The Balaban J connectivity index is 2.44. The van der Waals surface area contributed by atoms with Crippen LogP contribution in [0.2, 0.25) is 0 Å². The van der Waals surface area contributed by atoms with Crippen LogP contribution in [0.3, 0.4) is 0 Å². The van der Waals surface area contributed by atoms with Gasteiger partial charge in [-0.2, -0.15) is 0 Å². The quantitative estimate of drug-likeness (QED) is 0.563. The molecule has 1 rings (SSSR count). The van der Waals surface area contributed by atoms with Crippen molar-refractivity contribution >= 4 is 11.8 Å². The van der Waals surface area contributed by atoms with Crippen LogP contribution in [0, 0.1) is 5.41 Å². The van der Waals surface area contributed by atoms with Gasteiger partial charge >= 0.3 is 0 Å². The third-order valence-electron chi connectivity index (χ3n) is 3.24. The summed E-state index contributed by atoms with van der Waals surface area (Å²) >= 11 is 0. The van der Waals surface area contributed by atoms with Gasteiger partial charge in [0.25, 0.3) is 0 Å². The van der Waals surface area contributed by atoms with E-state index < -0.39 is 5.41 Å². The second-order valence-electron chi connectivity index (χ2n) is 5.40. The average molecular weight is 292 g/mol. The molecule has 0 spiro atoms. The molecule has 0 radical (unpaired) electrons. The normalized spacial score (nSPS) is 11.0. The average Bonchev–Trinajstić information content (AvgIpc) is 2.49. The minimum absolute atomic E-state index is 0.274.